The quantitative estimate of drug-likeness (QED) is 0.194. The highest BCUT2D eigenvalue weighted by atomic mass is 19.4. The summed E-state index contributed by atoms with van der Waals surface area (Å²) in [7, 11) is 1.37. The van der Waals surface area contributed by atoms with Crippen LogP contribution in [0.3, 0.4) is 0 Å². The number of ether oxygens (including phenoxy) is 2. The molecule has 4 aromatic rings. The first-order valence-corrected chi connectivity index (χ1v) is 11.4. The normalized spacial score (nSPS) is 11.4. The number of alkyl halides is 3. The van der Waals surface area contributed by atoms with E-state index in [1.807, 2.05) is 30.3 Å². The number of fused-ring (bicyclic) bond motifs is 1. The molecule has 0 aliphatic rings. The smallest absolute Gasteiger partial charge is 0.469 e. The molecule has 0 fully saturated rings. The summed E-state index contributed by atoms with van der Waals surface area (Å²) in [5, 5.41) is 3.93. The first-order valence-electron chi connectivity index (χ1n) is 11.4. The summed E-state index contributed by atoms with van der Waals surface area (Å²) in [4.78, 5) is 19.9. The van der Waals surface area contributed by atoms with Gasteiger partial charge in [-0.25, -0.2) is 9.97 Å². The number of anilines is 1. The summed E-state index contributed by atoms with van der Waals surface area (Å²) in [5.74, 6) is 0.520. The molecule has 0 amide bonds. The lowest BCUT2D eigenvalue weighted by atomic mass is 9.99. The zero-order chi connectivity index (χ0) is 25.5. The van der Waals surface area contributed by atoms with Crippen LogP contribution in [0.2, 0.25) is 0 Å². The second-order valence-corrected chi connectivity index (χ2v) is 7.96. The average Bonchev–Trinajstić information content (AvgIpc) is 3.26. The van der Waals surface area contributed by atoms with Crippen molar-refractivity contribution in [3.05, 3.63) is 60.9 Å². The minimum absolute atomic E-state index is 0.233. The minimum Gasteiger partial charge on any atom is -0.469 e. The summed E-state index contributed by atoms with van der Waals surface area (Å²) < 4.78 is 52.7. The molecular formula is C26H24F3N3O4. The predicted molar refractivity (Wildman–Crippen MR) is 128 cm³/mol. The molecule has 0 bridgehead atoms. The maximum Gasteiger partial charge on any atom is 0.573 e. The van der Waals surface area contributed by atoms with E-state index in [1.165, 1.54) is 25.6 Å². The van der Waals surface area contributed by atoms with Gasteiger partial charge in [0.05, 0.1) is 12.5 Å². The van der Waals surface area contributed by atoms with Crippen molar-refractivity contribution in [2.24, 2.45) is 0 Å². The van der Waals surface area contributed by atoms with Gasteiger partial charge in [0.2, 0.25) is 5.71 Å². The molecule has 0 spiro atoms. The first kappa shape index (κ1) is 25.0. The number of methoxy groups -OCH3 is 1. The SMILES string of the molecule is COC(=O)CCCCCNc1ncnc2oc(-c3ccccc3)c(-c3ccc(OC(F)(F)F)cc3)c12. The molecular weight excluding hydrogens is 475 g/mol. The fourth-order valence-corrected chi connectivity index (χ4v) is 3.84. The molecule has 2 aromatic heterocycles. The fourth-order valence-electron chi connectivity index (χ4n) is 3.84. The number of hydrogen-bond donors (Lipinski definition) is 1. The van der Waals surface area contributed by atoms with Gasteiger partial charge < -0.3 is 19.2 Å². The van der Waals surface area contributed by atoms with Crippen LogP contribution in [-0.4, -0.2) is 36.0 Å². The Hall–Kier alpha value is -4.08. The van der Waals surface area contributed by atoms with Crippen LogP contribution in [0.5, 0.6) is 5.75 Å². The third kappa shape index (κ3) is 6.12. The molecule has 36 heavy (non-hydrogen) atoms. The highest BCUT2D eigenvalue weighted by Gasteiger charge is 2.31. The first-order chi connectivity index (χ1) is 17.4. The minimum atomic E-state index is -4.78. The number of rotatable bonds is 10. The van der Waals surface area contributed by atoms with Crippen molar-refractivity contribution in [2.45, 2.75) is 32.0 Å². The summed E-state index contributed by atoms with van der Waals surface area (Å²) in [6, 6.07) is 15.0. The number of furan rings is 1. The Kier molecular flexibility index (Phi) is 7.72. The van der Waals surface area contributed by atoms with E-state index in [0.717, 1.165) is 24.8 Å². The van der Waals surface area contributed by atoms with Crippen molar-refractivity contribution >= 4 is 22.9 Å². The molecule has 0 unspecified atom stereocenters. The van der Waals surface area contributed by atoms with Gasteiger partial charge in [-0.15, -0.1) is 13.2 Å². The highest BCUT2D eigenvalue weighted by Crippen LogP contribution is 2.43. The van der Waals surface area contributed by atoms with Gasteiger partial charge in [-0.05, 0) is 30.5 Å². The number of nitrogens with zero attached hydrogens (tertiary/aromatic N) is 2. The van der Waals surface area contributed by atoms with E-state index in [2.05, 4.69) is 24.8 Å². The van der Waals surface area contributed by atoms with Crippen molar-refractivity contribution in [1.82, 2.24) is 9.97 Å². The van der Waals surface area contributed by atoms with Crippen LogP contribution in [0.25, 0.3) is 33.6 Å². The second kappa shape index (κ2) is 11.1. The summed E-state index contributed by atoms with van der Waals surface area (Å²) in [5.41, 5.74) is 2.42. The van der Waals surface area contributed by atoms with Gasteiger partial charge >= 0.3 is 12.3 Å². The Bertz CT molecular complexity index is 1310. The Morgan fingerprint density at radius 2 is 1.72 bits per heavy atom. The van der Waals surface area contributed by atoms with Crippen molar-refractivity contribution < 1.29 is 31.9 Å². The lowest BCUT2D eigenvalue weighted by Gasteiger charge is -2.11. The van der Waals surface area contributed by atoms with Crippen molar-refractivity contribution in [2.75, 3.05) is 19.0 Å². The summed E-state index contributed by atoms with van der Waals surface area (Å²) in [6.45, 7) is 0.594. The molecule has 0 radical (unpaired) electrons. The van der Waals surface area contributed by atoms with Gasteiger partial charge in [0.1, 0.15) is 23.7 Å². The van der Waals surface area contributed by atoms with Crippen LogP contribution in [0.4, 0.5) is 19.0 Å². The van der Waals surface area contributed by atoms with Crippen LogP contribution in [-0.2, 0) is 9.53 Å². The number of unbranched alkanes of at least 4 members (excludes halogenated alkanes) is 2. The standard InChI is InChI=1S/C26H24F3N3O4/c1-34-20(33)10-6-3-7-15-30-24-22-21(17-11-13-19(14-12-17)36-26(27,28)29)23(18-8-4-2-5-9-18)35-25(22)32-16-31-24/h2,4-5,8-9,11-14,16H,3,6-7,10,15H2,1H3,(H,30,31,32). The van der Waals surface area contributed by atoms with E-state index in [1.54, 1.807) is 12.1 Å². The van der Waals surface area contributed by atoms with E-state index in [-0.39, 0.29) is 11.7 Å². The number of carbonyl (C=O) groups is 1. The summed E-state index contributed by atoms with van der Waals surface area (Å²) in [6.07, 6.45) is -0.677. The van der Waals surface area contributed by atoms with Gasteiger partial charge in [0.15, 0.2) is 0 Å². The van der Waals surface area contributed by atoms with E-state index < -0.39 is 6.36 Å². The topological polar surface area (TPSA) is 86.5 Å². The van der Waals surface area contributed by atoms with Crippen LogP contribution < -0.4 is 10.1 Å². The Morgan fingerprint density at radius 3 is 2.42 bits per heavy atom. The lowest BCUT2D eigenvalue weighted by molar-refractivity contribution is -0.274. The molecule has 2 aromatic carbocycles. The molecule has 0 saturated heterocycles. The maximum absolute atomic E-state index is 12.6. The molecule has 2 heterocycles. The number of aromatic nitrogens is 2. The number of carbonyl (C=O) groups excluding carboxylic acids is 1. The number of benzene rings is 2. The number of hydrogen-bond acceptors (Lipinski definition) is 7. The van der Waals surface area contributed by atoms with E-state index in [0.29, 0.717) is 46.8 Å². The molecule has 188 valence electrons. The Labute approximate surface area is 205 Å². The van der Waals surface area contributed by atoms with E-state index >= 15 is 0 Å². The van der Waals surface area contributed by atoms with Crippen LogP contribution in [0.15, 0.2) is 65.3 Å². The largest absolute Gasteiger partial charge is 0.573 e. The third-order valence-corrected chi connectivity index (χ3v) is 5.48. The lowest BCUT2D eigenvalue weighted by Crippen LogP contribution is -2.16. The van der Waals surface area contributed by atoms with Crippen molar-refractivity contribution in [1.29, 1.82) is 0 Å². The van der Waals surface area contributed by atoms with Gasteiger partial charge in [0, 0.05) is 24.1 Å². The number of esters is 1. The fraction of sp³-hybridized carbons (Fsp3) is 0.269. The zero-order valence-electron chi connectivity index (χ0n) is 19.5. The molecule has 1 N–H and O–H groups in total. The monoisotopic (exact) mass is 499 g/mol. The number of nitrogens with one attached hydrogen (secondary N) is 1. The average molecular weight is 499 g/mol. The van der Waals surface area contributed by atoms with Gasteiger partial charge in [-0.2, -0.15) is 0 Å². The van der Waals surface area contributed by atoms with Gasteiger partial charge in [0.25, 0.3) is 0 Å². The molecule has 4 rings (SSSR count). The van der Waals surface area contributed by atoms with Crippen LogP contribution >= 0.6 is 0 Å². The number of halogens is 3. The van der Waals surface area contributed by atoms with Crippen molar-refractivity contribution in [3.8, 4) is 28.2 Å². The maximum atomic E-state index is 12.6. The summed E-state index contributed by atoms with van der Waals surface area (Å²) >= 11 is 0. The van der Waals surface area contributed by atoms with Gasteiger partial charge in [-0.3, -0.25) is 4.79 Å². The second-order valence-electron chi connectivity index (χ2n) is 7.96. The Morgan fingerprint density at radius 1 is 0.972 bits per heavy atom. The third-order valence-electron chi connectivity index (χ3n) is 5.48. The van der Waals surface area contributed by atoms with Crippen molar-refractivity contribution in [3.63, 3.8) is 0 Å². The van der Waals surface area contributed by atoms with E-state index in [9.17, 15) is 18.0 Å². The molecule has 0 atom stereocenters. The highest BCUT2D eigenvalue weighted by molar-refractivity contribution is 6.05. The van der Waals surface area contributed by atoms with Gasteiger partial charge in [-0.1, -0.05) is 48.9 Å². The van der Waals surface area contributed by atoms with E-state index in [4.69, 9.17) is 4.42 Å². The Balaban J connectivity index is 1.66. The molecule has 10 heteroatoms. The molecule has 7 nitrogen and oxygen atoms in total. The predicted octanol–water partition coefficient (Wildman–Crippen LogP) is 6.60. The molecule has 0 aliphatic heterocycles. The zero-order valence-corrected chi connectivity index (χ0v) is 19.5. The van der Waals surface area contributed by atoms with Crippen LogP contribution in [0, 0.1) is 0 Å². The van der Waals surface area contributed by atoms with Crippen LogP contribution in [0.1, 0.15) is 25.7 Å². The molecule has 0 aliphatic carbocycles. The molecule has 0 saturated carbocycles.